The molecular weight excluding hydrogens is 246 g/mol. The molecule has 2 rings (SSSR count). The van der Waals surface area contributed by atoms with Gasteiger partial charge >= 0.3 is 6.03 Å². The zero-order valence-corrected chi connectivity index (χ0v) is 10.8. The molecule has 2 heterocycles. The maximum Gasteiger partial charge on any atom is 0.317 e. The number of rotatable bonds is 5. The van der Waals surface area contributed by atoms with Crippen LogP contribution in [0.5, 0.6) is 0 Å². The number of amides is 3. The van der Waals surface area contributed by atoms with E-state index in [-0.39, 0.29) is 11.9 Å². The van der Waals surface area contributed by atoms with E-state index < -0.39 is 0 Å². The molecule has 7 heteroatoms. The van der Waals surface area contributed by atoms with Crippen molar-refractivity contribution in [3.8, 4) is 0 Å². The van der Waals surface area contributed by atoms with E-state index in [1.54, 1.807) is 17.0 Å². The van der Waals surface area contributed by atoms with Gasteiger partial charge < -0.3 is 15.5 Å². The highest BCUT2D eigenvalue weighted by atomic mass is 16.2. The van der Waals surface area contributed by atoms with Crippen LogP contribution in [0.3, 0.4) is 0 Å². The zero-order chi connectivity index (χ0) is 13.7. The van der Waals surface area contributed by atoms with Crippen molar-refractivity contribution in [2.24, 2.45) is 0 Å². The number of urea groups is 1. The Balaban J connectivity index is 1.78. The highest BCUT2D eigenvalue weighted by molar-refractivity contribution is 5.92. The van der Waals surface area contributed by atoms with Gasteiger partial charge in [0.25, 0.3) is 5.91 Å². The van der Waals surface area contributed by atoms with Crippen LogP contribution in [0, 0.1) is 0 Å². The highest BCUT2D eigenvalue weighted by Gasteiger charge is 2.18. The number of aryl methyl sites for hydroxylation is 1. The summed E-state index contributed by atoms with van der Waals surface area (Å²) in [5, 5.41) is 13.2. The third kappa shape index (κ3) is 3.40. The van der Waals surface area contributed by atoms with Crippen LogP contribution in [0.1, 0.15) is 23.1 Å². The van der Waals surface area contributed by atoms with Crippen LogP contribution in [0.4, 0.5) is 4.79 Å². The molecule has 2 N–H and O–H groups in total. The summed E-state index contributed by atoms with van der Waals surface area (Å²) in [6, 6.07) is 3.36. The van der Waals surface area contributed by atoms with Gasteiger partial charge in [0.05, 0.1) is 5.69 Å². The van der Waals surface area contributed by atoms with Gasteiger partial charge in [0.1, 0.15) is 0 Å². The molecule has 1 fully saturated rings. The first-order valence-corrected chi connectivity index (χ1v) is 6.34. The molecular formula is C12H17N5O2. The van der Waals surface area contributed by atoms with Crippen molar-refractivity contribution in [1.82, 2.24) is 25.7 Å². The molecule has 102 valence electrons. The average molecular weight is 263 g/mol. The van der Waals surface area contributed by atoms with E-state index in [2.05, 4.69) is 20.8 Å². The third-order valence-corrected chi connectivity index (χ3v) is 2.93. The zero-order valence-electron chi connectivity index (χ0n) is 10.8. The average Bonchev–Trinajstić information content (AvgIpc) is 2.84. The minimum atomic E-state index is -0.269. The first-order valence-electron chi connectivity index (χ1n) is 6.34. The Morgan fingerprint density at radius 3 is 2.89 bits per heavy atom. The van der Waals surface area contributed by atoms with Gasteiger partial charge in [-0.15, -0.1) is 5.10 Å². The van der Waals surface area contributed by atoms with Gasteiger partial charge in [-0.2, -0.15) is 5.10 Å². The Labute approximate surface area is 111 Å². The standard InChI is InChI=1S/C12H17N5O2/c1-2-9-3-4-10(16-15-9)11(18)13-5-7-17-8-6-14-12(17)19/h3-4H,2,5-8H2,1H3,(H,13,18)(H,14,19). The number of carbonyl (C=O) groups is 2. The first kappa shape index (κ1) is 13.3. The fourth-order valence-electron chi connectivity index (χ4n) is 1.79. The lowest BCUT2D eigenvalue weighted by Crippen LogP contribution is -2.37. The molecule has 0 saturated carbocycles. The Hall–Kier alpha value is -2.18. The quantitative estimate of drug-likeness (QED) is 0.769. The van der Waals surface area contributed by atoms with E-state index in [9.17, 15) is 9.59 Å². The minimum absolute atomic E-state index is 0.0821. The number of aromatic nitrogens is 2. The van der Waals surface area contributed by atoms with E-state index in [0.29, 0.717) is 31.9 Å². The Kier molecular flexibility index (Phi) is 4.27. The van der Waals surface area contributed by atoms with Crippen molar-refractivity contribution < 1.29 is 9.59 Å². The number of nitrogens with zero attached hydrogens (tertiary/aromatic N) is 3. The molecule has 1 aromatic rings. The van der Waals surface area contributed by atoms with Crippen LogP contribution in [0.15, 0.2) is 12.1 Å². The summed E-state index contributed by atoms with van der Waals surface area (Å²) < 4.78 is 0. The van der Waals surface area contributed by atoms with Gasteiger partial charge in [0.15, 0.2) is 5.69 Å². The van der Waals surface area contributed by atoms with Crippen LogP contribution >= 0.6 is 0 Å². The summed E-state index contributed by atoms with van der Waals surface area (Å²) in [6.07, 6.45) is 0.791. The fraction of sp³-hybridized carbons (Fsp3) is 0.500. The topological polar surface area (TPSA) is 87.2 Å². The van der Waals surface area contributed by atoms with Crippen molar-refractivity contribution in [2.75, 3.05) is 26.2 Å². The molecule has 19 heavy (non-hydrogen) atoms. The molecule has 0 aliphatic carbocycles. The maximum atomic E-state index is 11.8. The monoisotopic (exact) mass is 263 g/mol. The molecule has 0 unspecified atom stereocenters. The van der Waals surface area contributed by atoms with Gasteiger partial charge in [-0.3, -0.25) is 4.79 Å². The Morgan fingerprint density at radius 2 is 2.32 bits per heavy atom. The van der Waals surface area contributed by atoms with Crippen molar-refractivity contribution in [3.05, 3.63) is 23.5 Å². The molecule has 1 aliphatic rings. The van der Waals surface area contributed by atoms with E-state index in [1.165, 1.54) is 0 Å². The maximum absolute atomic E-state index is 11.8. The van der Waals surface area contributed by atoms with Gasteiger partial charge in [-0.25, -0.2) is 4.79 Å². The van der Waals surface area contributed by atoms with Crippen LogP contribution in [-0.4, -0.2) is 53.2 Å². The lowest BCUT2D eigenvalue weighted by molar-refractivity contribution is 0.0944. The first-order chi connectivity index (χ1) is 9.20. The smallest absolute Gasteiger partial charge is 0.317 e. The normalized spacial score (nSPS) is 14.4. The molecule has 0 atom stereocenters. The highest BCUT2D eigenvalue weighted by Crippen LogP contribution is 1.98. The van der Waals surface area contributed by atoms with Crippen LogP contribution in [-0.2, 0) is 6.42 Å². The molecule has 1 aliphatic heterocycles. The molecule has 0 radical (unpaired) electrons. The molecule has 1 saturated heterocycles. The largest absolute Gasteiger partial charge is 0.349 e. The summed E-state index contributed by atoms with van der Waals surface area (Å²) in [7, 11) is 0. The molecule has 7 nitrogen and oxygen atoms in total. The fourth-order valence-corrected chi connectivity index (χ4v) is 1.79. The minimum Gasteiger partial charge on any atom is -0.349 e. The van der Waals surface area contributed by atoms with E-state index in [0.717, 1.165) is 12.1 Å². The summed E-state index contributed by atoms with van der Waals surface area (Å²) in [4.78, 5) is 24.7. The number of hydrogen-bond donors (Lipinski definition) is 2. The van der Waals surface area contributed by atoms with Crippen LogP contribution < -0.4 is 10.6 Å². The number of carbonyl (C=O) groups excluding carboxylic acids is 2. The molecule has 1 aromatic heterocycles. The van der Waals surface area contributed by atoms with E-state index in [4.69, 9.17) is 0 Å². The van der Waals surface area contributed by atoms with Gasteiger partial charge in [-0.05, 0) is 18.6 Å². The van der Waals surface area contributed by atoms with Crippen molar-refractivity contribution in [3.63, 3.8) is 0 Å². The van der Waals surface area contributed by atoms with E-state index in [1.807, 2.05) is 6.92 Å². The Morgan fingerprint density at radius 1 is 1.47 bits per heavy atom. The van der Waals surface area contributed by atoms with Crippen LogP contribution in [0.2, 0.25) is 0 Å². The third-order valence-electron chi connectivity index (χ3n) is 2.93. The predicted molar refractivity (Wildman–Crippen MR) is 68.7 cm³/mol. The van der Waals surface area contributed by atoms with Gasteiger partial charge in [0, 0.05) is 26.2 Å². The molecule has 0 bridgehead atoms. The molecule has 3 amide bonds. The second-order valence-corrected chi connectivity index (χ2v) is 4.24. The predicted octanol–water partition coefficient (Wildman–Crippen LogP) is -0.206. The van der Waals surface area contributed by atoms with E-state index >= 15 is 0 Å². The summed E-state index contributed by atoms with van der Waals surface area (Å²) >= 11 is 0. The second kappa shape index (κ2) is 6.12. The lowest BCUT2D eigenvalue weighted by atomic mass is 10.3. The molecule has 0 spiro atoms. The van der Waals surface area contributed by atoms with Gasteiger partial charge in [-0.1, -0.05) is 6.92 Å². The van der Waals surface area contributed by atoms with Crippen LogP contribution in [0.25, 0.3) is 0 Å². The van der Waals surface area contributed by atoms with Gasteiger partial charge in [0.2, 0.25) is 0 Å². The Bertz CT molecular complexity index is 460. The van der Waals surface area contributed by atoms with Crippen molar-refractivity contribution in [2.45, 2.75) is 13.3 Å². The molecule has 0 aromatic carbocycles. The SMILES string of the molecule is CCc1ccc(C(=O)NCCN2CCNC2=O)nn1. The summed E-state index contributed by atoms with van der Waals surface area (Å²) in [6.45, 7) is 4.23. The second-order valence-electron chi connectivity index (χ2n) is 4.24. The van der Waals surface area contributed by atoms with Crippen molar-refractivity contribution in [1.29, 1.82) is 0 Å². The number of nitrogens with one attached hydrogen (secondary N) is 2. The number of hydrogen-bond acceptors (Lipinski definition) is 4. The summed E-state index contributed by atoms with van der Waals surface area (Å²) in [5.41, 5.74) is 1.15. The summed E-state index contributed by atoms with van der Waals surface area (Å²) in [5.74, 6) is -0.269. The van der Waals surface area contributed by atoms with Crippen molar-refractivity contribution >= 4 is 11.9 Å². The lowest BCUT2D eigenvalue weighted by Gasteiger charge is -2.13.